The van der Waals surface area contributed by atoms with Gasteiger partial charge < -0.3 is 4.74 Å². The molecule has 148 valence electrons. The second-order valence-electron chi connectivity index (χ2n) is 7.50. The van der Waals surface area contributed by atoms with E-state index in [1.807, 2.05) is 11.8 Å². The maximum absolute atomic E-state index is 12.9. The topological polar surface area (TPSA) is 81.5 Å². The first-order chi connectivity index (χ1) is 13.5. The largest absolute Gasteiger partial charge is 0.493 e. The van der Waals surface area contributed by atoms with Gasteiger partial charge in [-0.15, -0.1) is 0 Å². The zero-order valence-electron chi connectivity index (χ0n) is 15.3. The SMILES string of the molecule is O=c1cc2c(nn1CC1CN(S(=O)(=O)c3ccc4c(c3)CCO4)C1)CCSC2. The van der Waals surface area contributed by atoms with Gasteiger partial charge in [0.1, 0.15) is 5.75 Å². The van der Waals surface area contributed by atoms with Crippen molar-refractivity contribution in [2.75, 3.05) is 25.4 Å². The summed E-state index contributed by atoms with van der Waals surface area (Å²) in [7, 11) is -3.51. The number of nitrogens with zero attached hydrogens (tertiary/aromatic N) is 3. The van der Waals surface area contributed by atoms with Crippen molar-refractivity contribution < 1.29 is 13.2 Å². The number of ether oxygens (including phenoxy) is 1. The van der Waals surface area contributed by atoms with Crippen LogP contribution in [0.15, 0.2) is 34.0 Å². The smallest absolute Gasteiger partial charge is 0.267 e. The van der Waals surface area contributed by atoms with Gasteiger partial charge in [0.2, 0.25) is 10.0 Å². The van der Waals surface area contributed by atoms with E-state index in [4.69, 9.17) is 4.74 Å². The fraction of sp³-hybridized carbons (Fsp3) is 0.474. The van der Waals surface area contributed by atoms with Crippen molar-refractivity contribution in [2.45, 2.75) is 30.0 Å². The van der Waals surface area contributed by atoms with E-state index in [0.717, 1.165) is 46.9 Å². The van der Waals surface area contributed by atoms with Crippen molar-refractivity contribution >= 4 is 21.8 Å². The van der Waals surface area contributed by atoms with Crippen LogP contribution in [-0.2, 0) is 35.2 Å². The van der Waals surface area contributed by atoms with E-state index in [0.29, 0.717) is 31.1 Å². The first-order valence-corrected chi connectivity index (χ1v) is 12.0. The Morgan fingerprint density at radius 3 is 2.89 bits per heavy atom. The van der Waals surface area contributed by atoms with Crippen molar-refractivity contribution in [3.63, 3.8) is 0 Å². The van der Waals surface area contributed by atoms with E-state index < -0.39 is 10.0 Å². The first-order valence-electron chi connectivity index (χ1n) is 9.44. The van der Waals surface area contributed by atoms with Gasteiger partial charge in [-0.05, 0) is 35.1 Å². The molecule has 0 saturated carbocycles. The number of fused-ring (bicyclic) bond motifs is 2. The van der Waals surface area contributed by atoms with Crippen molar-refractivity contribution in [1.82, 2.24) is 14.1 Å². The van der Waals surface area contributed by atoms with Gasteiger partial charge in [-0.2, -0.15) is 21.2 Å². The molecule has 0 aliphatic carbocycles. The average Bonchev–Trinajstić information content (AvgIpc) is 3.12. The predicted molar refractivity (Wildman–Crippen MR) is 106 cm³/mol. The Morgan fingerprint density at radius 2 is 2.04 bits per heavy atom. The number of thioether (sulfide) groups is 1. The third-order valence-corrected chi connectivity index (χ3v) is 8.39. The van der Waals surface area contributed by atoms with Crippen molar-refractivity contribution in [2.24, 2.45) is 5.92 Å². The third-order valence-electron chi connectivity index (χ3n) is 5.56. The molecule has 0 radical (unpaired) electrons. The van der Waals surface area contributed by atoms with Crippen LogP contribution >= 0.6 is 11.8 Å². The van der Waals surface area contributed by atoms with Crippen LogP contribution in [0.5, 0.6) is 5.75 Å². The summed E-state index contributed by atoms with van der Waals surface area (Å²) in [4.78, 5) is 12.6. The van der Waals surface area contributed by atoms with E-state index in [-0.39, 0.29) is 11.5 Å². The van der Waals surface area contributed by atoms with Gasteiger partial charge in [0, 0.05) is 43.7 Å². The lowest BCUT2D eigenvalue weighted by molar-refractivity contribution is 0.172. The average molecular weight is 420 g/mol. The van der Waals surface area contributed by atoms with Gasteiger partial charge in [0.25, 0.3) is 5.56 Å². The summed E-state index contributed by atoms with van der Waals surface area (Å²) >= 11 is 1.82. The van der Waals surface area contributed by atoms with Gasteiger partial charge in [0.05, 0.1) is 23.7 Å². The second-order valence-corrected chi connectivity index (χ2v) is 10.5. The minimum absolute atomic E-state index is 0.0961. The highest BCUT2D eigenvalue weighted by Crippen LogP contribution is 2.31. The number of aromatic nitrogens is 2. The third kappa shape index (κ3) is 3.15. The van der Waals surface area contributed by atoms with Crippen LogP contribution in [0.25, 0.3) is 0 Å². The normalized spacial score (nSPS) is 19.6. The minimum Gasteiger partial charge on any atom is -0.493 e. The van der Waals surface area contributed by atoms with Crippen LogP contribution in [0.3, 0.4) is 0 Å². The fourth-order valence-corrected chi connectivity index (χ4v) is 6.53. The molecule has 4 heterocycles. The number of rotatable bonds is 4. The van der Waals surface area contributed by atoms with E-state index in [2.05, 4.69) is 5.10 Å². The Balaban J connectivity index is 1.28. The standard InChI is InChI=1S/C19H21N3O4S2/c23-19-8-15-12-27-6-4-17(15)20-22(19)11-13-9-21(10-13)28(24,25)16-1-2-18-14(7-16)3-5-26-18/h1-2,7-8,13H,3-6,9-12H2. The molecule has 1 aromatic heterocycles. The Labute approximate surface area is 167 Å². The number of hydrogen-bond donors (Lipinski definition) is 0. The molecule has 3 aliphatic rings. The molecule has 5 rings (SSSR count). The number of benzene rings is 1. The van der Waals surface area contributed by atoms with Crippen molar-refractivity contribution in [1.29, 1.82) is 0 Å². The lowest BCUT2D eigenvalue weighted by Crippen LogP contribution is -2.52. The summed E-state index contributed by atoms with van der Waals surface area (Å²) in [5.74, 6) is 2.75. The van der Waals surface area contributed by atoms with Gasteiger partial charge in [-0.3, -0.25) is 4.79 Å². The molecule has 3 aliphatic heterocycles. The van der Waals surface area contributed by atoms with Crippen molar-refractivity contribution in [3.8, 4) is 5.75 Å². The zero-order chi connectivity index (χ0) is 19.3. The monoisotopic (exact) mass is 419 g/mol. The predicted octanol–water partition coefficient (Wildman–Crippen LogP) is 1.29. The number of hydrogen-bond acceptors (Lipinski definition) is 6. The lowest BCUT2D eigenvalue weighted by Gasteiger charge is -2.38. The molecule has 28 heavy (non-hydrogen) atoms. The first kappa shape index (κ1) is 18.2. The van der Waals surface area contributed by atoms with Gasteiger partial charge in [0.15, 0.2) is 0 Å². The summed E-state index contributed by atoms with van der Waals surface area (Å²) in [5.41, 5.74) is 2.89. The van der Waals surface area contributed by atoms with Gasteiger partial charge >= 0.3 is 0 Å². The molecule has 0 bridgehead atoms. The summed E-state index contributed by atoms with van der Waals surface area (Å²) in [6.07, 6.45) is 1.63. The number of aryl methyl sites for hydroxylation is 1. The maximum Gasteiger partial charge on any atom is 0.267 e. The van der Waals surface area contributed by atoms with E-state index in [9.17, 15) is 13.2 Å². The lowest BCUT2D eigenvalue weighted by atomic mass is 10.0. The molecular formula is C19H21N3O4S2. The second kappa shape index (κ2) is 6.89. The molecule has 1 fully saturated rings. The van der Waals surface area contributed by atoms with E-state index in [1.165, 1.54) is 8.99 Å². The Kier molecular flexibility index (Phi) is 4.48. The molecule has 1 saturated heterocycles. The van der Waals surface area contributed by atoms with Gasteiger partial charge in [-0.25, -0.2) is 13.1 Å². The molecule has 0 atom stereocenters. The molecule has 1 aromatic carbocycles. The number of sulfonamides is 1. The van der Waals surface area contributed by atoms with Crippen LogP contribution in [0.1, 0.15) is 16.8 Å². The highest BCUT2D eigenvalue weighted by atomic mass is 32.2. The molecule has 7 nitrogen and oxygen atoms in total. The summed E-state index contributed by atoms with van der Waals surface area (Å²) < 4.78 is 34.2. The Hall–Kier alpha value is -1.84. The molecule has 0 amide bonds. The van der Waals surface area contributed by atoms with Crippen LogP contribution < -0.4 is 10.3 Å². The van der Waals surface area contributed by atoms with Crippen LogP contribution in [0, 0.1) is 5.92 Å². The molecule has 0 spiro atoms. The summed E-state index contributed by atoms with van der Waals surface area (Å²) in [6, 6.07) is 6.76. The summed E-state index contributed by atoms with van der Waals surface area (Å²) in [5, 5.41) is 4.53. The van der Waals surface area contributed by atoms with Gasteiger partial charge in [-0.1, -0.05) is 0 Å². The zero-order valence-corrected chi connectivity index (χ0v) is 17.0. The molecule has 2 aromatic rings. The quantitative estimate of drug-likeness (QED) is 0.743. The summed E-state index contributed by atoms with van der Waals surface area (Å²) in [6.45, 7) is 1.89. The van der Waals surface area contributed by atoms with E-state index >= 15 is 0 Å². The van der Waals surface area contributed by atoms with Crippen LogP contribution in [-0.4, -0.2) is 48.0 Å². The fourth-order valence-electron chi connectivity index (χ4n) is 3.93. The molecule has 0 unspecified atom stereocenters. The maximum atomic E-state index is 12.9. The Morgan fingerprint density at radius 1 is 1.18 bits per heavy atom. The van der Waals surface area contributed by atoms with Crippen LogP contribution in [0.4, 0.5) is 0 Å². The minimum atomic E-state index is -3.51. The molecule has 0 N–H and O–H groups in total. The Bertz CT molecular complexity index is 1090. The van der Waals surface area contributed by atoms with Crippen LogP contribution in [0.2, 0.25) is 0 Å². The highest BCUT2D eigenvalue weighted by molar-refractivity contribution is 7.98. The highest BCUT2D eigenvalue weighted by Gasteiger charge is 2.37. The molecule has 9 heteroatoms. The molecular weight excluding hydrogens is 398 g/mol. The van der Waals surface area contributed by atoms with E-state index in [1.54, 1.807) is 24.3 Å². The van der Waals surface area contributed by atoms with Crippen molar-refractivity contribution in [3.05, 3.63) is 51.4 Å².